The molecule has 2 aromatic rings. The molecule has 0 aliphatic heterocycles. The van der Waals surface area contributed by atoms with E-state index < -0.39 is 11.6 Å². The molecule has 0 radical (unpaired) electrons. The molecule has 2 N–H and O–H groups in total. The minimum Gasteiger partial charge on any atom is -0.322 e. The van der Waals surface area contributed by atoms with Crippen molar-refractivity contribution in [3.63, 3.8) is 0 Å². The highest BCUT2D eigenvalue weighted by atomic mass is 35.5. The van der Waals surface area contributed by atoms with Gasteiger partial charge in [-0.05, 0) is 18.2 Å². The molecular weight excluding hydrogens is 250 g/mol. The van der Waals surface area contributed by atoms with Crippen LogP contribution in [0.25, 0.3) is 0 Å². The molecule has 7 heteroatoms. The van der Waals surface area contributed by atoms with Gasteiger partial charge in [-0.1, -0.05) is 0 Å². The van der Waals surface area contributed by atoms with Crippen molar-refractivity contribution in [1.82, 2.24) is 9.78 Å². The summed E-state index contributed by atoms with van der Waals surface area (Å²) in [5, 5.41) is 13.8. The van der Waals surface area contributed by atoms with E-state index in [1.807, 2.05) is 0 Å². The first-order valence-electron chi connectivity index (χ1n) is 4.47. The molecule has 0 atom stereocenters. The van der Waals surface area contributed by atoms with E-state index in [4.69, 9.17) is 5.41 Å². The molecule has 0 saturated heterocycles. The molecule has 90 valence electrons. The van der Waals surface area contributed by atoms with Crippen molar-refractivity contribution in [3.05, 3.63) is 48.3 Å². The number of halogens is 3. The van der Waals surface area contributed by atoms with Gasteiger partial charge >= 0.3 is 0 Å². The molecule has 17 heavy (non-hydrogen) atoms. The molecule has 0 aliphatic carbocycles. The Morgan fingerprint density at radius 2 is 2.12 bits per heavy atom. The minimum atomic E-state index is -0.753. The van der Waals surface area contributed by atoms with Gasteiger partial charge < -0.3 is 5.32 Å². The van der Waals surface area contributed by atoms with E-state index in [1.54, 1.807) is 6.07 Å². The van der Waals surface area contributed by atoms with E-state index >= 15 is 0 Å². The lowest BCUT2D eigenvalue weighted by Gasteiger charge is -2.08. The first-order valence-corrected chi connectivity index (χ1v) is 4.47. The maximum atomic E-state index is 13.2. The number of nitrogens with one attached hydrogen (secondary N) is 2. The first-order chi connectivity index (χ1) is 7.66. The van der Waals surface area contributed by atoms with E-state index in [1.165, 1.54) is 23.1 Å². The molecular formula is C10H9ClF2N4. The van der Waals surface area contributed by atoms with Crippen molar-refractivity contribution in [2.75, 3.05) is 5.32 Å². The average Bonchev–Trinajstić information content (AvgIpc) is 2.75. The highest BCUT2D eigenvalue weighted by Gasteiger charge is 2.06. The first kappa shape index (κ1) is 13.1. The van der Waals surface area contributed by atoms with Gasteiger partial charge in [0, 0.05) is 18.5 Å². The van der Waals surface area contributed by atoms with E-state index in [2.05, 4.69) is 10.4 Å². The zero-order valence-electron chi connectivity index (χ0n) is 8.52. The Labute approximate surface area is 102 Å². The molecule has 0 fully saturated rings. The molecule has 1 heterocycles. The predicted octanol–water partition coefficient (Wildman–Crippen LogP) is 2.48. The molecule has 0 spiro atoms. The second-order valence-electron chi connectivity index (χ2n) is 3.05. The highest BCUT2D eigenvalue weighted by molar-refractivity contribution is 5.92. The van der Waals surface area contributed by atoms with Gasteiger partial charge in [-0.25, -0.2) is 13.5 Å². The maximum absolute atomic E-state index is 13.2. The Morgan fingerprint density at radius 1 is 1.35 bits per heavy atom. The summed E-state index contributed by atoms with van der Waals surface area (Å²) in [6.45, 7) is 0. The number of nitrogens with zero attached hydrogens (tertiary/aromatic N) is 2. The summed E-state index contributed by atoms with van der Waals surface area (Å²) in [4.78, 5) is 0. The summed E-state index contributed by atoms with van der Waals surface area (Å²) in [7, 11) is 0. The fourth-order valence-corrected chi connectivity index (χ4v) is 1.18. The zero-order valence-corrected chi connectivity index (χ0v) is 9.34. The molecule has 1 aromatic carbocycles. The predicted molar refractivity (Wildman–Crippen MR) is 62.6 cm³/mol. The Bertz CT molecular complexity index is 513. The van der Waals surface area contributed by atoms with Gasteiger partial charge in [0.1, 0.15) is 11.6 Å². The highest BCUT2D eigenvalue weighted by Crippen LogP contribution is 2.14. The summed E-state index contributed by atoms with van der Waals surface area (Å²) >= 11 is 0. The average molecular weight is 259 g/mol. The lowest BCUT2D eigenvalue weighted by Crippen LogP contribution is -2.21. The quantitative estimate of drug-likeness (QED) is 0.610. The fourth-order valence-electron chi connectivity index (χ4n) is 1.18. The van der Waals surface area contributed by atoms with Gasteiger partial charge in [0.2, 0.25) is 5.96 Å². The van der Waals surface area contributed by atoms with E-state index in [0.29, 0.717) is 0 Å². The van der Waals surface area contributed by atoms with Crippen LogP contribution in [0.4, 0.5) is 14.5 Å². The zero-order chi connectivity index (χ0) is 11.5. The van der Waals surface area contributed by atoms with Crippen LogP contribution < -0.4 is 5.32 Å². The Kier molecular flexibility index (Phi) is 4.17. The van der Waals surface area contributed by atoms with Crippen molar-refractivity contribution >= 4 is 24.1 Å². The molecule has 2 rings (SSSR count). The third-order valence-electron chi connectivity index (χ3n) is 1.92. The van der Waals surface area contributed by atoms with Gasteiger partial charge in [0.05, 0.1) is 5.69 Å². The van der Waals surface area contributed by atoms with Gasteiger partial charge in [-0.3, -0.25) is 5.41 Å². The lowest BCUT2D eigenvalue weighted by atomic mass is 10.3. The molecule has 1 aromatic heterocycles. The number of anilines is 1. The second-order valence-corrected chi connectivity index (χ2v) is 3.05. The van der Waals surface area contributed by atoms with Crippen LogP contribution in [0.1, 0.15) is 0 Å². The van der Waals surface area contributed by atoms with Crippen LogP contribution in [0.5, 0.6) is 0 Å². The SMILES string of the molecule is Cl.N=C(Nc1ccc(F)cc1F)n1cccn1. The molecule has 0 unspecified atom stereocenters. The minimum absolute atomic E-state index is 0. The lowest BCUT2D eigenvalue weighted by molar-refractivity contribution is 0.586. The Hall–Kier alpha value is -1.95. The van der Waals surface area contributed by atoms with E-state index in [-0.39, 0.29) is 24.1 Å². The third kappa shape index (κ3) is 3.01. The largest absolute Gasteiger partial charge is 0.322 e. The van der Waals surface area contributed by atoms with Crippen LogP contribution in [-0.2, 0) is 0 Å². The van der Waals surface area contributed by atoms with E-state index in [9.17, 15) is 8.78 Å². The van der Waals surface area contributed by atoms with Crippen molar-refractivity contribution in [2.24, 2.45) is 0 Å². The number of aromatic nitrogens is 2. The number of benzene rings is 1. The normalized spacial score (nSPS) is 9.53. The summed E-state index contributed by atoms with van der Waals surface area (Å²) in [5.74, 6) is -1.53. The van der Waals surface area contributed by atoms with Crippen LogP contribution in [-0.4, -0.2) is 15.7 Å². The van der Waals surface area contributed by atoms with Crippen molar-refractivity contribution in [3.8, 4) is 0 Å². The van der Waals surface area contributed by atoms with Gasteiger partial charge in [-0.15, -0.1) is 12.4 Å². The topological polar surface area (TPSA) is 53.7 Å². The maximum Gasteiger partial charge on any atom is 0.220 e. The number of rotatable bonds is 1. The molecule has 0 aliphatic rings. The van der Waals surface area contributed by atoms with Crippen LogP contribution in [0.3, 0.4) is 0 Å². The summed E-state index contributed by atoms with van der Waals surface area (Å²) in [5.41, 5.74) is 0.0295. The molecule has 0 amide bonds. The number of hydrogen-bond donors (Lipinski definition) is 2. The van der Waals surface area contributed by atoms with Crippen LogP contribution in [0.2, 0.25) is 0 Å². The van der Waals surface area contributed by atoms with E-state index in [0.717, 1.165) is 12.1 Å². The van der Waals surface area contributed by atoms with Gasteiger partial charge in [0.25, 0.3) is 0 Å². The fraction of sp³-hybridized carbons (Fsp3) is 0. The summed E-state index contributed by atoms with van der Waals surface area (Å²) < 4.78 is 27.1. The number of hydrogen-bond acceptors (Lipinski definition) is 2. The van der Waals surface area contributed by atoms with Gasteiger partial charge in [0.15, 0.2) is 0 Å². The molecule has 0 bridgehead atoms. The molecule has 4 nitrogen and oxygen atoms in total. The third-order valence-corrected chi connectivity index (χ3v) is 1.92. The monoisotopic (exact) mass is 258 g/mol. The van der Waals surface area contributed by atoms with Crippen LogP contribution >= 0.6 is 12.4 Å². The Morgan fingerprint density at radius 3 is 2.71 bits per heavy atom. The Balaban J connectivity index is 0.00000144. The van der Waals surface area contributed by atoms with Crippen molar-refractivity contribution in [2.45, 2.75) is 0 Å². The van der Waals surface area contributed by atoms with Crippen molar-refractivity contribution < 1.29 is 8.78 Å². The summed E-state index contributed by atoms with van der Waals surface area (Å²) in [6, 6.07) is 4.72. The smallest absolute Gasteiger partial charge is 0.220 e. The van der Waals surface area contributed by atoms with Gasteiger partial charge in [-0.2, -0.15) is 5.10 Å². The summed E-state index contributed by atoms with van der Waals surface area (Å²) in [6.07, 6.45) is 3.04. The molecule has 0 saturated carbocycles. The second kappa shape index (κ2) is 5.40. The van der Waals surface area contributed by atoms with Crippen molar-refractivity contribution in [1.29, 1.82) is 5.41 Å². The van der Waals surface area contributed by atoms with Crippen LogP contribution in [0.15, 0.2) is 36.7 Å². The standard InChI is InChI=1S/C10H8F2N4.ClH/c11-7-2-3-9(8(12)6-7)15-10(13)16-5-1-4-14-16;/h1-6H,(H2,13,15);1H. The van der Waals surface area contributed by atoms with Crippen LogP contribution in [0, 0.1) is 17.0 Å².